The van der Waals surface area contributed by atoms with Gasteiger partial charge in [-0.2, -0.15) is 0 Å². The summed E-state index contributed by atoms with van der Waals surface area (Å²) in [5, 5.41) is 13.4. The van der Waals surface area contributed by atoms with Gasteiger partial charge in [-0.05, 0) is 58.4 Å². The molecule has 43 heavy (non-hydrogen) atoms. The lowest BCUT2D eigenvalue weighted by molar-refractivity contribution is -0.148. The van der Waals surface area contributed by atoms with Crippen LogP contribution >= 0.6 is 21.6 Å². The predicted molar refractivity (Wildman–Crippen MR) is 165 cm³/mol. The maximum Gasteiger partial charge on any atom is 0.407 e. The third-order valence-electron chi connectivity index (χ3n) is 6.23. The van der Waals surface area contributed by atoms with E-state index < -0.39 is 72.1 Å². The van der Waals surface area contributed by atoms with Crippen molar-refractivity contribution in [2.75, 3.05) is 24.6 Å². The molecule has 5 amide bonds. The zero-order valence-corrected chi connectivity index (χ0v) is 27.1. The molecular formula is C28H45N5O8S2. The first-order chi connectivity index (χ1) is 20.2. The van der Waals surface area contributed by atoms with Crippen molar-refractivity contribution in [3.05, 3.63) is 12.2 Å². The first kappa shape index (κ1) is 36.3. The van der Waals surface area contributed by atoms with Crippen molar-refractivity contribution in [2.45, 2.75) is 96.6 Å². The molecule has 0 spiro atoms. The zero-order chi connectivity index (χ0) is 32.0. The van der Waals surface area contributed by atoms with E-state index in [-0.39, 0.29) is 24.5 Å². The Labute approximate surface area is 260 Å². The summed E-state index contributed by atoms with van der Waals surface area (Å²) in [5.41, 5.74) is -0.629. The van der Waals surface area contributed by atoms with E-state index in [1.54, 1.807) is 40.7 Å². The lowest BCUT2D eigenvalue weighted by atomic mass is 10.0. The molecule has 1 saturated heterocycles. The van der Waals surface area contributed by atoms with Gasteiger partial charge in [0, 0.05) is 18.1 Å². The summed E-state index contributed by atoms with van der Waals surface area (Å²) in [6.45, 7) is 8.67. The number of fused-ring (bicyclic) bond motifs is 7. The molecule has 0 aromatic carbocycles. The maximum atomic E-state index is 13.5. The number of nitrogens with one attached hydrogen (secondary N) is 5. The number of ether oxygens (including phenoxy) is 2. The number of esters is 1. The number of hydrogen-bond acceptors (Lipinski definition) is 10. The third-order valence-corrected chi connectivity index (χ3v) is 8.68. The quantitative estimate of drug-likeness (QED) is 0.123. The monoisotopic (exact) mass is 643 g/mol. The highest BCUT2D eigenvalue weighted by Crippen LogP contribution is 2.24. The number of carbonyl (C=O) groups excluding carboxylic acids is 6. The molecule has 0 aliphatic carbocycles. The number of unbranched alkanes of at least 4 members (excludes halogenated alkanes) is 1. The minimum atomic E-state index is -0.996. The van der Waals surface area contributed by atoms with Crippen molar-refractivity contribution >= 4 is 57.3 Å². The fourth-order valence-electron chi connectivity index (χ4n) is 4.09. The Morgan fingerprint density at radius 3 is 2.49 bits per heavy atom. The van der Waals surface area contributed by atoms with Crippen LogP contribution in [0, 0.1) is 5.92 Å². The second-order valence-electron chi connectivity index (χ2n) is 11.6. The van der Waals surface area contributed by atoms with Gasteiger partial charge in [0.1, 0.15) is 36.4 Å². The minimum absolute atomic E-state index is 0.223. The van der Waals surface area contributed by atoms with Gasteiger partial charge in [0.05, 0.1) is 6.42 Å². The molecule has 15 heteroatoms. The first-order valence-electron chi connectivity index (χ1n) is 14.5. The largest absolute Gasteiger partial charge is 0.456 e. The number of allylic oxidation sites excluding steroid dienone is 1. The molecule has 4 unspecified atom stereocenters. The maximum absolute atomic E-state index is 13.5. The second-order valence-corrected chi connectivity index (χ2v) is 14.2. The van der Waals surface area contributed by atoms with Crippen LogP contribution in [0.3, 0.4) is 0 Å². The number of alkyl carbamates (subject to hydrolysis) is 1. The van der Waals surface area contributed by atoms with Gasteiger partial charge < -0.3 is 36.1 Å². The molecule has 2 heterocycles. The Bertz CT molecular complexity index is 1030. The van der Waals surface area contributed by atoms with Crippen molar-refractivity contribution in [3.63, 3.8) is 0 Å². The molecule has 2 aliphatic heterocycles. The molecule has 5 N–H and O–H groups in total. The van der Waals surface area contributed by atoms with Crippen LogP contribution < -0.4 is 26.6 Å². The Morgan fingerprint density at radius 1 is 1.05 bits per heavy atom. The minimum Gasteiger partial charge on any atom is -0.456 e. The Morgan fingerprint density at radius 2 is 1.79 bits per heavy atom. The Balaban J connectivity index is 2.27. The molecule has 1 fully saturated rings. The van der Waals surface area contributed by atoms with Crippen LogP contribution in [0.2, 0.25) is 0 Å². The van der Waals surface area contributed by atoms with Gasteiger partial charge in [-0.15, -0.1) is 0 Å². The molecular weight excluding hydrogens is 598 g/mol. The van der Waals surface area contributed by atoms with Crippen LogP contribution in [0.5, 0.6) is 0 Å². The fraction of sp³-hybridized carbons (Fsp3) is 0.714. The standard InChI is InChI=1S/C28H45N5O8S2/c1-17(2)23-26(38)30-15-22(35)40-18-10-7-9-13-42-43-16-20(25(37)33-23)32-24(36)19(31-21(34)14-18)11-6-8-12-29-27(39)41-28(3,4)5/h7,10,17-20,23H,6,8-9,11-16H2,1-5H3,(H,29,39)(H,30,38)(H,31,34)(H,32,36)(H,33,37). The highest BCUT2D eigenvalue weighted by atomic mass is 33.1. The number of amides is 5. The Hall–Kier alpha value is -2.94. The van der Waals surface area contributed by atoms with Gasteiger partial charge in [-0.3, -0.25) is 24.0 Å². The van der Waals surface area contributed by atoms with Gasteiger partial charge in [0.2, 0.25) is 23.6 Å². The Kier molecular flexibility index (Phi) is 15.2. The summed E-state index contributed by atoms with van der Waals surface area (Å²) < 4.78 is 10.7. The number of rotatable bonds is 6. The summed E-state index contributed by atoms with van der Waals surface area (Å²) in [6.07, 6.45) is 3.57. The van der Waals surface area contributed by atoms with Crippen LogP contribution in [0.25, 0.3) is 0 Å². The van der Waals surface area contributed by atoms with Crippen molar-refractivity contribution < 1.29 is 38.2 Å². The van der Waals surface area contributed by atoms with Crippen LogP contribution in [-0.4, -0.2) is 90.1 Å². The van der Waals surface area contributed by atoms with Crippen molar-refractivity contribution in [1.29, 1.82) is 0 Å². The van der Waals surface area contributed by atoms with Crippen LogP contribution in [0.1, 0.15) is 66.7 Å². The van der Waals surface area contributed by atoms with E-state index in [4.69, 9.17) is 9.47 Å². The van der Waals surface area contributed by atoms with E-state index in [9.17, 15) is 28.8 Å². The number of hydrogen-bond donors (Lipinski definition) is 5. The first-order valence-corrected chi connectivity index (χ1v) is 17.0. The molecule has 242 valence electrons. The van der Waals surface area contributed by atoms with Gasteiger partial charge in [-0.1, -0.05) is 41.5 Å². The molecule has 4 atom stereocenters. The lowest BCUT2D eigenvalue weighted by Gasteiger charge is -2.27. The van der Waals surface area contributed by atoms with E-state index in [0.717, 1.165) is 0 Å². The summed E-state index contributed by atoms with van der Waals surface area (Å²) >= 11 is 0. The smallest absolute Gasteiger partial charge is 0.407 e. The van der Waals surface area contributed by atoms with E-state index in [1.165, 1.54) is 21.6 Å². The highest BCUT2D eigenvalue weighted by molar-refractivity contribution is 8.76. The van der Waals surface area contributed by atoms with Crippen LogP contribution in [0.15, 0.2) is 12.2 Å². The molecule has 0 radical (unpaired) electrons. The molecule has 0 aromatic rings. The average molecular weight is 644 g/mol. The van der Waals surface area contributed by atoms with E-state index in [2.05, 4.69) is 26.6 Å². The lowest BCUT2D eigenvalue weighted by Crippen LogP contribution is -2.59. The van der Waals surface area contributed by atoms with E-state index >= 15 is 0 Å². The SMILES string of the molecule is CC(C)C1NC(=O)C2CSSCCC=CC(CC(=O)NC(CCCCNC(=O)OC(C)(C)C)C(=O)N2)OC(=O)CNC1=O. The summed E-state index contributed by atoms with van der Waals surface area (Å²) in [5.74, 6) is -2.34. The van der Waals surface area contributed by atoms with Crippen molar-refractivity contribution in [1.82, 2.24) is 26.6 Å². The number of carbonyl (C=O) groups is 6. The van der Waals surface area contributed by atoms with E-state index in [0.29, 0.717) is 31.6 Å². The predicted octanol–water partition coefficient (Wildman–Crippen LogP) is 1.56. The summed E-state index contributed by atoms with van der Waals surface area (Å²) in [6, 6.07) is -2.94. The average Bonchev–Trinajstić information content (AvgIpc) is 2.90. The van der Waals surface area contributed by atoms with Gasteiger partial charge in [0.25, 0.3) is 0 Å². The fourth-order valence-corrected chi connectivity index (χ4v) is 6.25. The summed E-state index contributed by atoms with van der Waals surface area (Å²) in [7, 11) is 2.92. The summed E-state index contributed by atoms with van der Waals surface area (Å²) in [4.78, 5) is 77.3. The van der Waals surface area contributed by atoms with Gasteiger partial charge >= 0.3 is 12.1 Å². The topological polar surface area (TPSA) is 181 Å². The van der Waals surface area contributed by atoms with Crippen molar-refractivity contribution in [3.8, 4) is 0 Å². The van der Waals surface area contributed by atoms with E-state index in [1.807, 2.05) is 6.08 Å². The molecule has 2 aliphatic rings. The molecule has 0 aromatic heterocycles. The van der Waals surface area contributed by atoms with Gasteiger partial charge in [0.15, 0.2) is 0 Å². The molecule has 2 rings (SSSR count). The van der Waals surface area contributed by atoms with Gasteiger partial charge in [-0.25, -0.2) is 4.79 Å². The van der Waals surface area contributed by atoms with Crippen LogP contribution in [0.4, 0.5) is 4.79 Å². The van der Waals surface area contributed by atoms with Crippen molar-refractivity contribution in [2.24, 2.45) is 5.92 Å². The highest BCUT2D eigenvalue weighted by Gasteiger charge is 2.32. The zero-order valence-electron chi connectivity index (χ0n) is 25.5. The van der Waals surface area contributed by atoms with Crippen LogP contribution in [-0.2, 0) is 33.4 Å². The normalized spacial score (nSPS) is 25.0. The molecule has 2 bridgehead atoms. The third kappa shape index (κ3) is 14.4. The molecule has 0 saturated carbocycles. The molecule has 13 nitrogen and oxygen atoms in total. The second kappa shape index (κ2) is 18.0.